The van der Waals surface area contributed by atoms with Crippen LogP contribution in [0.5, 0.6) is 23.0 Å². The van der Waals surface area contributed by atoms with E-state index in [-0.39, 0.29) is 16.9 Å². The average Bonchev–Trinajstić information content (AvgIpc) is 2.90. The van der Waals surface area contributed by atoms with Crippen molar-refractivity contribution in [1.29, 1.82) is 0 Å². The zero-order valence-electron chi connectivity index (χ0n) is 20.9. The quantitative estimate of drug-likeness (QED) is 0.321. The summed E-state index contributed by atoms with van der Waals surface area (Å²) < 4.78 is 17.8. The number of aromatic hydroxyl groups is 1. The Bertz CT molecular complexity index is 1480. The molecule has 0 radical (unpaired) electrons. The number of para-hydroxylation sites is 2. The van der Waals surface area contributed by atoms with Crippen LogP contribution in [0.2, 0.25) is 5.02 Å². The lowest BCUT2D eigenvalue weighted by Crippen LogP contribution is -2.46. The van der Waals surface area contributed by atoms with Gasteiger partial charge in [-0.1, -0.05) is 29.8 Å². The molecular weight excluding hydrogens is 492 g/mol. The first-order valence-electron chi connectivity index (χ1n) is 12.4. The van der Waals surface area contributed by atoms with Crippen LogP contribution < -0.4 is 19.8 Å². The molecule has 1 aliphatic heterocycles. The number of ether oxygens (including phenoxy) is 2. The van der Waals surface area contributed by atoms with Crippen LogP contribution in [0, 0.1) is 6.92 Å². The maximum absolute atomic E-state index is 13.5. The van der Waals surface area contributed by atoms with Crippen molar-refractivity contribution in [2.75, 3.05) is 37.7 Å². The third-order valence-electron chi connectivity index (χ3n) is 6.55. The number of halogens is 1. The summed E-state index contributed by atoms with van der Waals surface area (Å²) in [6.45, 7) is 7.75. The smallest absolute Gasteiger partial charge is 0.235 e. The molecule has 1 fully saturated rings. The second-order valence-electron chi connectivity index (χ2n) is 8.98. The van der Waals surface area contributed by atoms with Gasteiger partial charge in [-0.2, -0.15) is 0 Å². The first-order chi connectivity index (χ1) is 17.9. The molecule has 0 saturated carbocycles. The second-order valence-corrected chi connectivity index (χ2v) is 9.42. The number of fused-ring (bicyclic) bond motifs is 1. The van der Waals surface area contributed by atoms with Crippen LogP contribution in [-0.4, -0.2) is 42.8 Å². The maximum atomic E-state index is 13.5. The Hall–Kier alpha value is -3.68. The van der Waals surface area contributed by atoms with E-state index in [0.29, 0.717) is 46.9 Å². The molecule has 1 aliphatic rings. The molecule has 37 heavy (non-hydrogen) atoms. The highest BCUT2D eigenvalue weighted by atomic mass is 35.5. The van der Waals surface area contributed by atoms with E-state index in [9.17, 15) is 9.90 Å². The average molecular weight is 521 g/mol. The van der Waals surface area contributed by atoms with Crippen LogP contribution in [0.4, 0.5) is 5.69 Å². The molecule has 1 saturated heterocycles. The minimum Gasteiger partial charge on any atom is -0.507 e. The number of nitrogens with zero attached hydrogens (tertiary/aromatic N) is 2. The third-order valence-corrected chi connectivity index (χ3v) is 6.79. The fourth-order valence-corrected chi connectivity index (χ4v) is 4.83. The number of benzene rings is 3. The summed E-state index contributed by atoms with van der Waals surface area (Å²) in [6.07, 6.45) is 0. The Morgan fingerprint density at radius 2 is 1.76 bits per heavy atom. The van der Waals surface area contributed by atoms with E-state index in [4.69, 9.17) is 25.5 Å². The van der Waals surface area contributed by atoms with E-state index < -0.39 is 0 Å². The Kier molecular flexibility index (Phi) is 7.26. The molecule has 0 aliphatic carbocycles. The molecule has 5 rings (SSSR count). The van der Waals surface area contributed by atoms with E-state index in [1.807, 2.05) is 37.3 Å². The number of aryl methyl sites for hydroxylation is 1. The number of hydrogen-bond donors (Lipinski definition) is 1. The summed E-state index contributed by atoms with van der Waals surface area (Å²) in [5, 5.41) is 11.8. The predicted molar refractivity (Wildman–Crippen MR) is 146 cm³/mol. The van der Waals surface area contributed by atoms with Crippen molar-refractivity contribution in [3.05, 3.63) is 87.2 Å². The molecule has 0 bridgehead atoms. The standard InChI is InChI=1S/C29H29ClN2O5/c1-3-35-25-9-4-5-10-26(25)37-28-19(2)36-29-22(27(28)34)11-12-24(33)23(29)18-31-13-15-32(16-14-31)21-8-6-7-20(30)17-21/h4-12,17,33H,3,13-16,18H2,1-2H3. The second kappa shape index (κ2) is 10.7. The van der Waals surface area contributed by atoms with Gasteiger partial charge in [0.25, 0.3) is 0 Å². The van der Waals surface area contributed by atoms with Gasteiger partial charge in [0.2, 0.25) is 11.2 Å². The molecule has 8 heteroatoms. The van der Waals surface area contributed by atoms with Gasteiger partial charge in [0.1, 0.15) is 17.1 Å². The highest BCUT2D eigenvalue weighted by molar-refractivity contribution is 6.30. The van der Waals surface area contributed by atoms with Gasteiger partial charge in [-0.15, -0.1) is 0 Å². The fraction of sp³-hybridized carbons (Fsp3) is 0.276. The lowest BCUT2D eigenvalue weighted by molar-refractivity contribution is 0.246. The summed E-state index contributed by atoms with van der Waals surface area (Å²) in [6, 6.07) is 18.2. The topological polar surface area (TPSA) is 75.4 Å². The van der Waals surface area contributed by atoms with Crippen molar-refractivity contribution in [3.8, 4) is 23.0 Å². The first kappa shape index (κ1) is 25.0. The summed E-state index contributed by atoms with van der Waals surface area (Å²) >= 11 is 6.16. The fourth-order valence-electron chi connectivity index (χ4n) is 4.65. The van der Waals surface area contributed by atoms with Crippen molar-refractivity contribution in [2.45, 2.75) is 20.4 Å². The largest absolute Gasteiger partial charge is 0.507 e. The van der Waals surface area contributed by atoms with E-state index in [1.165, 1.54) is 0 Å². The zero-order chi connectivity index (χ0) is 25.9. The minimum absolute atomic E-state index is 0.0997. The van der Waals surface area contributed by atoms with Gasteiger partial charge in [-0.25, -0.2) is 0 Å². The summed E-state index contributed by atoms with van der Waals surface area (Å²) in [5.74, 6) is 1.53. The lowest BCUT2D eigenvalue weighted by Gasteiger charge is -2.36. The van der Waals surface area contributed by atoms with Gasteiger partial charge < -0.3 is 23.9 Å². The van der Waals surface area contributed by atoms with Crippen molar-refractivity contribution in [3.63, 3.8) is 0 Å². The van der Waals surface area contributed by atoms with E-state index in [1.54, 1.807) is 31.2 Å². The lowest BCUT2D eigenvalue weighted by atomic mass is 10.1. The molecule has 0 atom stereocenters. The van der Waals surface area contributed by atoms with Gasteiger partial charge in [-0.05, 0) is 56.3 Å². The summed E-state index contributed by atoms with van der Waals surface area (Å²) in [5.41, 5.74) is 1.78. The molecule has 192 valence electrons. The van der Waals surface area contributed by atoms with Crippen molar-refractivity contribution < 1.29 is 19.0 Å². The van der Waals surface area contributed by atoms with Gasteiger partial charge in [-0.3, -0.25) is 9.69 Å². The number of hydrogen-bond acceptors (Lipinski definition) is 7. The van der Waals surface area contributed by atoms with Gasteiger partial charge in [0.15, 0.2) is 11.5 Å². The van der Waals surface area contributed by atoms with Crippen LogP contribution in [0.15, 0.2) is 69.9 Å². The number of anilines is 1. The SMILES string of the molecule is CCOc1ccccc1Oc1c(C)oc2c(CN3CCN(c4cccc(Cl)c4)CC3)c(O)ccc2c1=O. The Labute approximate surface area is 220 Å². The number of rotatable bonds is 7. The van der Waals surface area contributed by atoms with Crippen LogP contribution in [-0.2, 0) is 6.54 Å². The molecule has 1 N–H and O–H groups in total. The molecule has 0 amide bonds. The predicted octanol–water partition coefficient (Wildman–Crippen LogP) is 5.97. The van der Waals surface area contributed by atoms with Crippen LogP contribution in [0.3, 0.4) is 0 Å². The number of phenols is 1. The normalized spacial score (nSPS) is 14.2. The summed E-state index contributed by atoms with van der Waals surface area (Å²) in [4.78, 5) is 18.0. The Morgan fingerprint density at radius 3 is 2.49 bits per heavy atom. The highest BCUT2D eigenvalue weighted by Gasteiger charge is 2.23. The Balaban J connectivity index is 1.40. The zero-order valence-corrected chi connectivity index (χ0v) is 21.6. The molecule has 1 aromatic heterocycles. The minimum atomic E-state index is -0.294. The molecular formula is C29H29ClN2O5. The summed E-state index contributed by atoms with van der Waals surface area (Å²) in [7, 11) is 0. The molecule has 4 aromatic rings. The molecule has 0 unspecified atom stereocenters. The monoisotopic (exact) mass is 520 g/mol. The molecule has 3 aromatic carbocycles. The van der Waals surface area contributed by atoms with Gasteiger partial charge >= 0.3 is 0 Å². The van der Waals surface area contributed by atoms with Crippen molar-refractivity contribution in [1.82, 2.24) is 4.90 Å². The van der Waals surface area contributed by atoms with Crippen LogP contribution >= 0.6 is 11.6 Å². The van der Waals surface area contributed by atoms with Crippen molar-refractivity contribution in [2.24, 2.45) is 0 Å². The number of piperazine rings is 1. The van der Waals surface area contributed by atoms with Crippen LogP contribution in [0.25, 0.3) is 11.0 Å². The van der Waals surface area contributed by atoms with E-state index in [0.717, 1.165) is 36.9 Å². The highest BCUT2D eigenvalue weighted by Crippen LogP contribution is 2.35. The van der Waals surface area contributed by atoms with E-state index >= 15 is 0 Å². The van der Waals surface area contributed by atoms with Gasteiger partial charge in [0.05, 0.1) is 17.6 Å². The maximum Gasteiger partial charge on any atom is 0.235 e. The third kappa shape index (κ3) is 5.24. The van der Waals surface area contributed by atoms with Crippen LogP contribution in [0.1, 0.15) is 18.2 Å². The Morgan fingerprint density at radius 1 is 1.00 bits per heavy atom. The molecule has 0 spiro atoms. The molecule has 7 nitrogen and oxygen atoms in total. The number of phenolic OH excluding ortho intramolecular Hbond substituents is 1. The molecule has 2 heterocycles. The van der Waals surface area contributed by atoms with Crippen molar-refractivity contribution >= 4 is 28.3 Å². The van der Waals surface area contributed by atoms with Gasteiger partial charge in [0, 0.05) is 43.4 Å². The first-order valence-corrected chi connectivity index (χ1v) is 12.7. The van der Waals surface area contributed by atoms with E-state index in [2.05, 4.69) is 15.9 Å².